The second kappa shape index (κ2) is 6.10. The van der Waals surface area contributed by atoms with Crippen LogP contribution in [0.2, 0.25) is 0 Å². The number of hydrogen-bond donors (Lipinski definition) is 1. The molecule has 0 bridgehead atoms. The number of imidazole rings is 1. The van der Waals surface area contributed by atoms with Gasteiger partial charge < -0.3 is 9.30 Å². The lowest BCUT2D eigenvalue weighted by atomic mass is 10.2. The van der Waals surface area contributed by atoms with Crippen LogP contribution in [-0.2, 0) is 17.1 Å². The van der Waals surface area contributed by atoms with Crippen molar-refractivity contribution in [3.05, 3.63) is 24.0 Å². The van der Waals surface area contributed by atoms with E-state index in [9.17, 15) is 4.79 Å². The molecule has 0 atom stereocenters. The second-order valence-corrected chi connectivity index (χ2v) is 4.69. The lowest BCUT2D eigenvalue weighted by Crippen LogP contribution is -2.05. The molecule has 2 aromatic rings. The van der Waals surface area contributed by atoms with Crippen LogP contribution in [-0.4, -0.2) is 21.9 Å². The van der Waals surface area contributed by atoms with Gasteiger partial charge in [0.2, 0.25) is 0 Å². The van der Waals surface area contributed by atoms with E-state index in [1.807, 2.05) is 25.1 Å². The highest BCUT2D eigenvalue weighted by Crippen LogP contribution is 2.23. The maximum atomic E-state index is 11.1. The maximum Gasteiger partial charge on any atom is 0.131 e. The maximum absolute atomic E-state index is 11.1. The molecular formula is C14H18N2O2S. The summed E-state index contributed by atoms with van der Waals surface area (Å²) in [6.45, 7) is 4.84. The van der Waals surface area contributed by atoms with Gasteiger partial charge in [0.15, 0.2) is 0 Å². The van der Waals surface area contributed by atoms with Gasteiger partial charge in [0.1, 0.15) is 17.4 Å². The molecule has 1 aromatic heterocycles. The number of aromatic nitrogens is 2. The van der Waals surface area contributed by atoms with E-state index < -0.39 is 0 Å². The summed E-state index contributed by atoms with van der Waals surface area (Å²) in [4.78, 5) is 15.7. The molecule has 19 heavy (non-hydrogen) atoms. The summed E-state index contributed by atoms with van der Waals surface area (Å²) in [7, 11) is 0. The zero-order valence-corrected chi connectivity index (χ0v) is 12.1. The van der Waals surface area contributed by atoms with Gasteiger partial charge in [-0.1, -0.05) is 0 Å². The molecule has 0 saturated carbocycles. The third-order valence-corrected chi connectivity index (χ3v) is 3.22. The molecule has 0 aliphatic carbocycles. The van der Waals surface area contributed by atoms with Gasteiger partial charge in [-0.25, -0.2) is 4.98 Å². The smallest absolute Gasteiger partial charge is 0.131 e. The Morgan fingerprint density at radius 1 is 1.47 bits per heavy atom. The van der Waals surface area contributed by atoms with Crippen LogP contribution in [0.25, 0.3) is 11.0 Å². The number of nitrogens with zero attached hydrogens (tertiary/aromatic N) is 2. The van der Waals surface area contributed by atoms with Crippen molar-refractivity contribution in [2.24, 2.45) is 0 Å². The van der Waals surface area contributed by atoms with Crippen molar-refractivity contribution in [3.63, 3.8) is 0 Å². The Morgan fingerprint density at radius 2 is 2.26 bits per heavy atom. The standard InChI is InChI=1S/C14H18N2O2S/c1-3-18-11-4-5-13-12(8-11)15-14(9-19)16(13)7-6-10(2)17/h4-5,8,19H,3,6-7,9H2,1-2H3. The van der Waals surface area contributed by atoms with Crippen LogP contribution in [0.5, 0.6) is 5.75 Å². The number of ether oxygens (including phenoxy) is 1. The molecule has 0 unspecified atom stereocenters. The predicted molar refractivity (Wildman–Crippen MR) is 78.9 cm³/mol. The SMILES string of the molecule is CCOc1ccc2c(c1)nc(CS)n2CCC(C)=O. The Labute approximate surface area is 118 Å². The molecule has 0 saturated heterocycles. The average Bonchev–Trinajstić information content (AvgIpc) is 2.73. The van der Waals surface area contributed by atoms with Crippen LogP contribution in [0.15, 0.2) is 18.2 Å². The Hall–Kier alpha value is -1.49. The quantitative estimate of drug-likeness (QED) is 0.826. The number of Topliss-reactive ketones (excluding diaryl/α,β-unsaturated/α-hetero) is 1. The number of aryl methyl sites for hydroxylation is 1. The van der Waals surface area contributed by atoms with Crippen molar-refractivity contribution < 1.29 is 9.53 Å². The van der Waals surface area contributed by atoms with Gasteiger partial charge in [-0.05, 0) is 26.0 Å². The highest BCUT2D eigenvalue weighted by atomic mass is 32.1. The fourth-order valence-electron chi connectivity index (χ4n) is 2.06. The van der Waals surface area contributed by atoms with E-state index >= 15 is 0 Å². The average molecular weight is 278 g/mol. The van der Waals surface area contributed by atoms with Crippen molar-refractivity contribution in [1.29, 1.82) is 0 Å². The van der Waals surface area contributed by atoms with Crippen molar-refractivity contribution in [2.45, 2.75) is 32.6 Å². The number of carbonyl (C=O) groups excluding carboxylic acids is 1. The number of benzene rings is 1. The molecule has 0 radical (unpaired) electrons. The van der Waals surface area contributed by atoms with Gasteiger partial charge in [-0.15, -0.1) is 0 Å². The zero-order chi connectivity index (χ0) is 13.8. The molecule has 0 spiro atoms. The largest absolute Gasteiger partial charge is 0.494 e. The Kier molecular flexibility index (Phi) is 4.47. The van der Waals surface area contributed by atoms with Crippen LogP contribution in [0.1, 0.15) is 26.1 Å². The Bertz CT molecular complexity index is 592. The van der Waals surface area contributed by atoms with E-state index in [2.05, 4.69) is 22.2 Å². The van der Waals surface area contributed by atoms with Crippen molar-refractivity contribution in [3.8, 4) is 5.75 Å². The van der Waals surface area contributed by atoms with E-state index in [-0.39, 0.29) is 5.78 Å². The van der Waals surface area contributed by atoms with Gasteiger partial charge in [0, 0.05) is 24.8 Å². The summed E-state index contributed by atoms with van der Waals surface area (Å²) in [5.74, 6) is 2.43. The fraction of sp³-hybridized carbons (Fsp3) is 0.429. The minimum Gasteiger partial charge on any atom is -0.494 e. The normalized spacial score (nSPS) is 10.9. The number of hydrogen-bond acceptors (Lipinski definition) is 4. The minimum absolute atomic E-state index is 0.179. The van der Waals surface area contributed by atoms with E-state index in [4.69, 9.17) is 4.74 Å². The van der Waals surface area contributed by atoms with E-state index in [0.717, 1.165) is 22.6 Å². The van der Waals surface area contributed by atoms with Gasteiger partial charge in [-0.3, -0.25) is 4.79 Å². The third kappa shape index (κ3) is 3.10. The fourth-order valence-corrected chi connectivity index (χ4v) is 2.30. The summed E-state index contributed by atoms with van der Waals surface area (Å²) in [5, 5.41) is 0. The first-order valence-electron chi connectivity index (χ1n) is 6.38. The van der Waals surface area contributed by atoms with Crippen molar-refractivity contribution in [1.82, 2.24) is 9.55 Å². The second-order valence-electron chi connectivity index (χ2n) is 4.37. The van der Waals surface area contributed by atoms with Crippen molar-refractivity contribution >= 4 is 29.4 Å². The number of ketones is 1. The molecule has 2 rings (SSSR count). The summed E-state index contributed by atoms with van der Waals surface area (Å²) in [6.07, 6.45) is 0.513. The molecule has 0 amide bonds. The first-order chi connectivity index (χ1) is 9.15. The highest BCUT2D eigenvalue weighted by molar-refractivity contribution is 7.79. The summed E-state index contributed by atoms with van der Waals surface area (Å²) >= 11 is 4.30. The van der Waals surface area contributed by atoms with Crippen LogP contribution < -0.4 is 4.74 Å². The number of thiol groups is 1. The van der Waals surface area contributed by atoms with Crippen LogP contribution in [0, 0.1) is 0 Å². The van der Waals surface area contributed by atoms with Gasteiger partial charge in [-0.2, -0.15) is 12.6 Å². The van der Waals surface area contributed by atoms with E-state index in [0.29, 0.717) is 25.3 Å². The molecule has 4 nitrogen and oxygen atoms in total. The van der Waals surface area contributed by atoms with E-state index in [1.165, 1.54) is 0 Å². The van der Waals surface area contributed by atoms with Crippen LogP contribution >= 0.6 is 12.6 Å². The minimum atomic E-state index is 0.179. The third-order valence-electron chi connectivity index (χ3n) is 2.94. The van der Waals surface area contributed by atoms with E-state index in [1.54, 1.807) is 6.92 Å². The number of fused-ring (bicyclic) bond motifs is 1. The Balaban J connectivity index is 2.40. The number of carbonyl (C=O) groups is 1. The topological polar surface area (TPSA) is 44.1 Å². The molecule has 5 heteroatoms. The van der Waals surface area contributed by atoms with Gasteiger partial charge in [0.25, 0.3) is 0 Å². The molecular weight excluding hydrogens is 260 g/mol. The molecule has 0 aliphatic heterocycles. The molecule has 1 aromatic carbocycles. The summed E-state index contributed by atoms with van der Waals surface area (Å²) in [6, 6.07) is 5.84. The first kappa shape index (κ1) is 13.9. The van der Waals surface area contributed by atoms with Gasteiger partial charge in [0.05, 0.1) is 17.6 Å². The van der Waals surface area contributed by atoms with Crippen molar-refractivity contribution in [2.75, 3.05) is 6.61 Å². The molecule has 102 valence electrons. The first-order valence-corrected chi connectivity index (χ1v) is 7.01. The summed E-state index contributed by atoms with van der Waals surface area (Å²) in [5.41, 5.74) is 1.91. The molecule has 0 aliphatic rings. The number of rotatable bonds is 6. The lowest BCUT2D eigenvalue weighted by molar-refractivity contribution is -0.117. The molecule has 1 heterocycles. The summed E-state index contributed by atoms with van der Waals surface area (Å²) < 4.78 is 7.53. The van der Waals surface area contributed by atoms with Crippen LogP contribution in [0.3, 0.4) is 0 Å². The molecule has 0 N–H and O–H groups in total. The zero-order valence-electron chi connectivity index (χ0n) is 11.2. The lowest BCUT2D eigenvalue weighted by Gasteiger charge is -2.07. The predicted octanol–water partition coefficient (Wildman–Crippen LogP) is 2.84. The Morgan fingerprint density at radius 3 is 2.89 bits per heavy atom. The monoisotopic (exact) mass is 278 g/mol. The highest BCUT2D eigenvalue weighted by Gasteiger charge is 2.11. The molecule has 0 fully saturated rings. The van der Waals surface area contributed by atoms with Gasteiger partial charge >= 0.3 is 0 Å². The van der Waals surface area contributed by atoms with Crippen LogP contribution in [0.4, 0.5) is 0 Å².